The van der Waals surface area contributed by atoms with Crippen molar-refractivity contribution in [3.05, 3.63) is 33.7 Å². The van der Waals surface area contributed by atoms with Crippen molar-refractivity contribution in [2.24, 2.45) is 0 Å². The van der Waals surface area contributed by atoms with Crippen molar-refractivity contribution >= 4 is 0 Å². The van der Waals surface area contributed by atoms with Gasteiger partial charge >= 0.3 is 0 Å². The summed E-state index contributed by atoms with van der Waals surface area (Å²) in [5.41, 5.74) is 2.12. The summed E-state index contributed by atoms with van der Waals surface area (Å²) in [6.45, 7) is 3.06. The van der Waals surface area contributed by atoms with Crippen molar-refractivity contribution in [1.82, 2.24) is 9.88 Å². The van der Waals surface area contributed by atoms with Crippen LogP contribution in [0.15, 0.2) is 16.9 Å². The van der Waals surface area contributed by atoms with Crippen LogP contribution in [0.25, 0.3) is 0 Å². The average molecular weight is 192 g/mol. The van der Waals surface area contributed by atoms with E-state index in [4.69, 9.17) is 0 Å². The van der Waals surface area contributed by atoms with E-state index in [9.17, 15) is 4.79 Å². The third kappa shape index (κ3) is 1.73. The maximum absolute atomic E-state index is 11.3. The van der Waals surface area contributed by atoms with Crippen LogP contribution >= 0.6 is 0 Å². The van der Waals surface area contributed by atoms with Crippen molar-refractivity contribution in [3.8, 4) is 0 Å². The molecule has 76 valence electrons. The van der Waals surface area contributed by atoms with Gasteiger partial charge in [-0.3, -0.25) is 9.69 Å². The summed E-state index contributed by atoms with van der Waals surface area (Å²) in [6, 6.07) is 3.76. The van der Waals surface area contributed by atoms with Gasteiger partial charge in [-0.2, -0.15) is 0 Å². The van der Waals surface area contributed by atoms with Gasteiger partial charge in [0.2, 0.25) is 0 Å². The van der Waals surface area contributed by atoms with Gasteiger partial charge in [0.15, 0.2) is 5.43 Å². The van der Waals surface area contributed by atoms with Crippen molar-refractivity contribution in [2.45, 2.75) is 25.8 Å². The van der Waals surface area contributed by atoms with Crippen LogP contribution in [0.5, 0.6) is 0 Å². The first kappa shape index (κ1) is 9.46. The Morgan fingerprint density at radius 1 is 1.50 bits per heavy atom. The van der Waals surface area contributed by atoms with Crippen LogP contribution in [0.1, 0.15) is 30.3 Å². The Bertz CT molecular complexity index is 383. The molecule has 1 fully saturated rings. The van der Waals surface area contributed by atoms with Gasteiger partial charge in [-0.15, -0.1) is 0 Å². The lowest BCUT2D eigenvalue weighted by Gasteiger charge is -2.19. The third-order valence-electron chi connectivity index (χ3n) is 2.88. The maximum Gasteiger partial charge on any atom is 0.182 e. The number of rotatable bonds is 1. The van der Waals surface area contributed by atoms with Crippen LogP contribution in [0.3, 0.4) is 0 Å². The number of nitrogens with zero attached hydrogens (tertiary/aromatic N) is 1. The Labute approximate surface area is 83.8 Å². The van der Waals surface area contributed by atoms with Gasteiger partial charge in [-0.05, 0) is 33.4 Å². The molecule has 0 saturated carbocycles. The van der Waals surface area contributed by atoms with Gasteiger partial charge in [0.05, 0.1) is 0 Å². The SMILES string of the molecule is Cc1cc(=O)cc([C@H]2CCCN2C)[nH]1. The summed E-state index contributed by atoms with van der Waals surface area (Å²) in [5, 5.41) is 0. The fourth-order valence-electron chi connectivity index (χ4n) is 2.19. The number of aromatic nitrogens is 1. The van der Waals surface area contributed by atoms with Crippen LogP contribution in [0.4, 0.5) is 0 Å². The third-order valence-corrected chi connectivity index (χ3v) is 2.88. The molecule has 1 N–H and O–H groups in total. The van der Waals surface area contributed by atoms with Gasteiger partial charge in [0, 0.05) is 29.6 Å². The molecule has 0 spiro atoms. The molecule has 3 heteroatoms. The monoisotopic (exact) mass is 192 g/mol. The standard InChI is InChI=1S/C11H16N2O/c1-8-6-9(14)7-10(12-8)11-4-3-5-13(11)2/h6-7,11H,3-5H2,1-2H3,(H,12,14)/t11-/m1/s1. The lowest BCUT2D eigenvalue weighted by molar-refractivity contribution is 0.311. The van der Waals surface area contributed by atoms with E-state index in [1.165, 1.54) is 6.42 Å². The van der Waals surface area contributed by atoms with Gasteiger partial charge in [-0.25, -0.2) is 0 Å². The molecule has 1 saturated heterocycles. The first-order chi connectivity index (χ1) is 6.66. The van der Waals surface area contributed by atoms with Gasteiger partial charge < -0.3 is 4.98 Å². The summed E-state index contributed by atoms with van der Waals surface area (Å²) in [5.74, 6) is 0. The van der Waals surface area contributed by atoms with Crippen LogP contribution in [-0.4, -0.2) is 23.5 Å². The Morgan fingerprint density at radius 2 is 2.29 bits per heavy atom. The first-order valence-corrected chi connectivity index (χ1v) is 5.08. The zero-order chi connectivity index (χ0) is 10.1. The number of nitrogens with one attached hydrogen (secondary N) is 1. The Balaban J connectivity index is 2.36. The quantitative estimate of drug-likeness (QED) is 0.731. The molecule has 1 aliphatic rings. The topological polar surface area (TPSA) is 36.1 Å². The molecule has 1 aliphatic heterocycles. The summed E-state index contributed by atoms with van der Waals surface area (Å²) in [4.78, 5) is 16.9. The molecule has 0 amide bonds. The molecule has 1 aromatic rings. The fraction of sp³-hybridized carbons (Fsp3) is 0.545. The molecular formula is C11H16N2O. The Hall–Kier alpha value is -1.09. The van der Waals surface area contributed by atoms with Crippen molar-refractivity contribution in [1.29, 1.82) is 0 Å². The van der Waals surface area contributed by atoms with E-state index in [0.717, 1.165) is 24.4 Å². The largest absolute Gasteiger partial charge is 0.361 e. The Morgan fingerprint density at radius 3 is 2.86 bits per heavy atom. The highest BCUT2D eigenvalue weighted by Gasteiger charge is 2.23. The van der Waals surface area contributed by atoms with Crippen molar-refractivity contribution < 1.29 is 0 Å². The van der Waals surface area contributed by atoms with Crippen molar-refractivity contribution in [2.75, 3.05) is 13.6 Å². The van der Waals surface area contributed by atoms with Gasteiger partial charge in [-0.1, -0.05) is 0 Å². The lowest BCUT2D eigenvalue weighted by atomic mass is 10.1. The minimum Gasteiger partial charge on any atom is -0.361 e. The predicted molar refractivity (Wildman–Crippen MR) is 56.4 cm³/mol. The number of hydrogen-bond acceptors (Lipinski definition) is 2. The van der Waals surface area contributed by atoms with Crippen LogP contribution in [0, 0.1) is 6.92 Å². The van der Waals surface area contributed by atoms with E-state index < -0.39 is 0 Å². The van der Waals surface area contributed by atoms with E-state index in [1.807, 2.05) is 6.92 Å². The molecule has 0 aliphatic carbocycles. The first-order valence-electron chi connectivity index (χ1n) is 5.08. The molecule has 0 unspecified atom stereocenters. The second-order valence-electron chi connectivity index (χ2n) is 4.09. The highest BCUT2D eigenvalue weighted by molar-refractivity contribution is 5.14. The summed E-state index contributed by atoms with van der Waals surface area (Å²) < 4.78 is 0. The van der Waals surface area contributed by atoms with Crippen LogP contribution in [-0.2, 0) is 0 Å². The molecule has 0 radical (unpaired) electrons. The normalized spacial score (nSPS) is 22.9. The van der Waals surface area contributed by atoms with Crippen molar-refractivity contribution in [3.63, 3.8) is 0 Å². The maximum atomic E-state index is 11.3. The second kappa shape index (κ2) is 3.58. The molecule has 1 atom stereocenters. The van der Waals surface area contributed by atoms with E-state index in [0.29, 0.717) is 6.04 Å². The number of likely N-dealkylation sites (tertiary alicyclic amines) is 1. The smallest absolute Gasteiger partial charge is 0.182 e. The van der Waals surface area contributed by atoms with E-state index in [-0.39, 0.29) is 5.43 Å². The minimum atomic E-state index is 0.108. The second-order valence-corrected chi connectivity index (χ2v) is 4.09. The predicted octanol–water partition coefficient (Wildman–Crippen LogP) is 1.45. The van der Waals surface area contributed by atoms with E-state index in [2.05, 4.69) is 16.9 Å². The summed E-state index contributed by atoms with van der Waals surface area (Å²) >= 11 is 0. The van der Waals surface area contributed by atoms with Gasteiger partial charge in [0.25, 0.3) is 0 Å². The lowest BCUT2D eigenvalue weighted by Crippen LogP contribution is -2.20. The number of hydrogen-bond donors (Lipinski definition) is 1. The van der Waals surface area contributed by atoms with E-state index >= 15 is 0 Å². The number of pyridine rings is 1. The van der Waals surface area contributed by atoms with E-state index in [1.54, 1.807) is 12.1 Å². The van der Waals surface area contributed by atoms with Crippen LogP contribution in [0.2, 0.25) is 0 Å². The number of aromatic amines is 1. The highest BCUT2D eigenvalue weighted by atomic mass is 16.1. The fourth-order valence-corrected chi connectivity index (χ4v) is 2.19. The molecular weight excluding hydrogens is 176 g/mol. The molecule has 3 nitrogen and oxygen atoms in total. The van der Waals surface area contributed by atoms with Gasteiger partial charge in [0.1, 0.15) is 0 Å². The summed E-state index contributed by atoms with van der Waals surface area (Å²) in [6.07, 6.45) is 2.37. The zero-order valence-electron chi connectivity index (χ0n) is 8.71. The number of H-pyrrole nitrogens is 1. The molecule has 0 bridgehead atoms. The molecule has 14 heavy (non-hydrogen) atoms. The molecule has 2 rings (SSSR count). The zero-order valence-corrected chi connectivity index (χ0v) is 8.71. The highest BCUT2D eigenvalue weighted by Crippen LogP contribution is 2.28. The number of aryl methyl sites for hydroxylation is 1. The minimum absolute atomic E-state index is 0.108. The Kier molecular flexibility index (Phi) is 2.42. The molecule has 2 heterocycles. The molecule has 0 aromatic carbocycles. The average Bonchev–Trinajstić information content (AvgIpc) is 2.49. The molecule has 1 aromatic heterocycles. The van der Waals surface area contributed by atoms with Crippen LogP contribution < -0.4 is 5.43 Å². The summed E-state index contributed by atoms with van der Waals surface area (Å²) in [7, 11) is 2.11.